The number of rotatable bonds is 8. The molecule has 2 aromatic carbocycles. The number of carbonyl (C=O) groups excluding carboxylic acids is 1. The van der Waals surface area contributed by atoms with Gasteiger partial charge in [0.25, 0.3) is 0 Å². The Labute approximate surface area is 214 Å². The van der Waals surface area contributed by atoms with Gasteiger partial charge in [-0.1, -0.05) is 19.6 Å². The Balaban J connectivity index is 1.62. The van der Waals surface area contributed by atoms with Crippen molar-refractivity contribution in [3.8, 4) is 11.5 Å². The fraction of sp³-hybridized carbons (Fsp3) is 0.286. The molecule has 4 rings (SSSR count). The molecule has 9 heteroatoms. The molecule has 0 aliphatic heterocycles. The van der Waals surface area contributed by atoms with Crippen molar-refractivity contribution in [3.63, 3.8) is 0 Å². The van der Waals surface area contributed by atoms with Gasteiger partial charge in [-0.2, -0.15) is 0 Å². The van der Waals surface area contributed by atoms with Gasteiger partial charge in [-0.3, -0.25) is 9.79 Å². The van der Waals surface area contributed by atoms with Gasteiger partial charge in [0, 0.05) is 36.7 Å². The van der Waals surface area contributed by atoms with Gasteiger partial charge >= 0.3 is 0 Å². The molecule has 37 heavy (non-hydrogen) atoms. The molecule has 1 amide bonds. The molecule has 1 heterocycles. The van der Waals surface area contributed by atoms with Crippen LogP contribution >= 0.6 is 0 Å². The number of carbonyl (C=O) groups is 1. The second-order valence-electron chi connectivity index (χ2n) is 9.06. The molecule has 1 aliphatic rings. The number of hydrogen-bond acceptors (Lipinski definition) is 6. The summed E-state index contributed by atoms with van der Waals surface area (Å²) in [5.74, 6) is -0.358. The van der Waals surface area contributed by atoms with Crippen LogP contribution < -0.4 is 15.8 Å². The van der Waals surface area contributed by atoms with Crippen molar-refractivity contribution in [2.45, 2.75) is 38.1 Å². The molecule has 3 atom stereocenters. The number of benzene rings is 2. The van der Waals surface area contributed by atoms with E-state index in [1.807, 2.05) is 6.92 Å². The third-order valence-electron chi connectivity index (χ3n) is 6.74. The molecule has 3 aromatic rings. The molecule has 2 unspecified atom stereocenters. The second-order valence-corrected chi connectivity index (χ2v) is 9.06. The Morgan fingerprint density at radius 3 is 2.70 bits per heavy atom. The van der Waals surface area contributed by atoms with E-state index in [0.29, 0.717) is 17.0 Å². The van der Waals surface area contributed by atoms with Crippen molar-refractivity contribution >= 4 is 17.4 Å². The summed E-state index contributed by atoms with van der Waals surface area (Å²) in [6.45, 7) is 5.56. The number of nitrogens with zero attached hydrogens (tertiary/aromatic N) is 3. The molecule has 1 aliphatic carbocycles. The number of amides is 1. The number of nitrogen functional groups attached to an aromatic ring is 1. The number of aliphatic imine (C=N–C) groups is 1. The maximum Gasteiger partial charge on any atom is 0.243 e. The van der Waals surface area contributed by atoms with Crippen LogP contribution in [0.15, 0.2) is 66.4 Å². The largest absolute Gasteiger partial charge is 0.457 e. The van der Waals surface area contributed by atoms with E-state index < -0.39 is 11.6 Å². The van der Waals surface area contributed by atoms with Crippen molar-refractivity contribution < 1.29 is 18.3 Å². The number of aromatic nitrogens is 2. The summed E-state index contributed by atoms with van der Waals surface area (Å²) in [6, 6.07) is 10.0. The summed E-state index contributed by atoms with van der Waals surface area (Å²) in [5, 5.41) is 2.96. The highest BCUT2D eigenvalue weighted by molar-refractivity contribution is 6.16. The van der Waals surface area contributed by atoms with Crippen LogP contribution in [0.5, 0.6) is 11.5 Å². The third kappa shape index (κ3) is 5.82. The highest BCUT2D eigenvalue weighted by Gasteiger charge is 2.33. The van der Waals surface area contributed by atoms with Crippen LogP contribution in [0.4, 0.5) is 14.6 Å². The van der Waals surface area contributed by atoms with Crippen LogP contribution in [0.25, 0.3) is 0 Å². The first-order chi connectivity index (χ1) is 17.8. The third-order valence-corrected chi connectivity index (χ3v) is 6.74. The quantitative estimate of drug-likeness (QED) is 0.325. The molecule has 7 nitrogen and oxygen atoms in total. The van der Waals surface area contributed by atoms with E-state index in [2.05, 4.69) is 26.9 Å². The number of nitrogens with one attached hydrogen (secondary N) is 1. The summed E-state index contributed by atoms with van der Waals surface area (Å²) in [4.78, 5) is 24.8. The molecular formula is C28H29F2N5O2. The lowest BCUT2D eigenvalue weighted by molar-refractivity contribution is -0.117. The van der Waals surface area contributed by atoms with E-state index in [-0.39, 0.29) is 46.7 Å². The van der Waals surface area contributed by atoms with Crippen LogP contribution in [-0.2, 0) is 4.79 Å². The average molecular weight is 506 g/mol. The molecule has 192 valence electrons. The van der Waals surface area contributed by atoms with Crippen molar-refractivity contribution in [1.29, 1.82) is 0 Å². The first-order valence-electron chi connectivity index (χ1n) is 12.0. The SMILES string of the molecule is C=CC(=O)N[C@@H]1CCC(C(C)c2ncnc(N)c2C(=NC)c2ccc(Oc3cccc(F)c3)cc2F)C1. The van der Waals surface area contributed by atoms with Crippen molar-refractivity contribution in [2.24, 2.45) is 10.9 Å². The van der Waals surface area contributed by atoms with Crippen LogP contribution in [0, 0.1) is 17.6 Å². The minimum absolute atomic E-state index is 0.0404. The zero-order chi connectivity index (χ0) is 26.5. The van der Waals surface area contributed by atoms with Gasteiger partial charge in [-0.15, -0.1) is 0 Å². The first-order valence-corrected chi connectivity index (χ1v) is 12.0. The number of ether oxygens (including phenoxy) is 1. The van der Waals surface area contributed by atoms with Crippen molar-refractivity contribution in [1.82, 2.24) is 15.3 Å². The monoisotopic (exact) mass is 505 g/mol. The molecule has 0 spiro atoms. The zero-order valence-corrected chi connectivity index (χ0v) is 20.7. The van der Waals surface area contributed by atoms with Gasteiger partial charge < -0.3 is 15.8 Å². The number of halogens is 2. The van der Waals surface area contributed by atoms with Gasteiger partial charge in [0.1, 0.15) is 35.3 Å². The van der Waals surface area contributed by atoms with Gasteiger partial charge in [-0.05, 0) is 55.5 Å². The Kier molecular flexibility index (Phi) is 7.91. The highest BCUT2D eigenvalue weighted by atomic mass is 19.1. The molecule has 1 fully saturated rings. The van der Waals surface area contributed by atoms with E-state index in [4.69, 9.17) is 10.5 Å². The van der Waals surface area contributed by atoms with Crippen molar-refractivity contribution in [3.05, 3.63) is 89.9 Å². The maximum absolute atomic E-state index is 15.4. The number of anilines is 1. The molecule has 1 aromatic heterocycles. The van der Waals surface area contributed by atoms with Gasteiger partial charge in [0.05, 0.1) is 17.0 Å². The minimum atomic E-state index is -0.579. The Hall–Kier alpha value is -4.14. The molecule has 1 saturated carbocycles. The van der Waals surface area contributed by atoms with E-state index >= 15 is 4.39 Å². The smallest absolute Gasteiger partial charge is 0.243 e. The predicted molar refractivity (Wildman–Crippen MR) is 139 cm³/mol. The van der Waals surface area contributed by atoms with Gasteiger partial charge in [0.2, 0.25) is 5.91 Å². The molecule has 0 bridgehead atoms. The van der Waals surface area contributed by atoms with E-state index in [1.54, 1.807) is 25.2 Å². The Morgan fingerprint density at radius 2 is 2.00 bits per heavy atom. The molecule has 3 N–H and O–H groups in total. The summed E-state index contributed by atoms with van der Waals surface area (Å²) in [6.07, 6.45) is 5.19. The highest BCUT2D eigenvalue weighted by Crippen LogP contribution is 2.39. The summed E-state index contributed by atoms with van der Waals surface area (Å²) in [5.41, 5.74) is 7.99. The minimum Gasteiger partial charge on any atom is -0.457 e. The molecule has 0 radical (unpaired) electrons. The number of nitrogens with two attached hydrogens (primary N) is 1. The second kappa shape index (κ2) is 11.3. The molecular weight excluding hydrogens is 476 g/mol. The maximum atomic E-state index is 15.4. The lowest BCUT2D eigenvalue weighted by Crippen LogP contribution is -2.31. The van der Waals surface area contributed by atoms with E-state index in [1.165, 1.54) is 36.7 Å². The first kappa shape index (κ1) is 25.9. The fourth-order valence-corrected chi connectivity index (χ4v) is 4.87. The topological polar surface area (TPSA) is 102 Å². The lowest BCUT2D eigenvalue weighted by Gasteiger charge is -2.23. The van der Waals surface area contributed by atoms with Gasteiger partial charge in [0.15, 0.2) is 0 Å². The number of hydrogen-bond donors (Lipinski definition) is 2. The van der Waals surface area contributed by atoms with Crippen LogP contribution in [0.2, 0.25) is 0 Å². The summed E-state index contributed by atoms with van der Waals surface area (Å²) >= 11 is 0. The van der Waals surface area contributed by atoms with Crippen LogP contribution in [0.1, 0.15) is 48.9 Å². The normalized spacial score (nSPS) is 18.3. The standard InChI is InChI=1S/C28H29F2N5O2/c1-4-24(36)35-19-9-8-17(12-19)16(2)26-25(28(31)34-15-33-26)27(32-3)22-11-10-21(14-23(22)30)37-20-7-5-6-18(29)13-20/h4-7,10-11,13-17,19H,1,8-9,12H2,2-3H3,(H,35,36)(H2,31,33,34)/t16?,17?,19-/m1/s1. The van der Waals surface area contributed by atoms with Crippen LogP contribution in [0.3, 0.4) is 0 Å². The Morgan fingerprint density at radius 1 is 1.22 bits per heavy atom. The lowest BCUT2D eigenvalue weighted by atomic mass is 9.85. The van der Waals surface area contributed by atoms with Crippen molar-refractivity contribution in [2.75, 3.05) is 12.8 Å². The fourth-order valence-electron chi connectivity index (χ4n) is 4.87. The Bertz CT molecular complexity index is 1340. The summed E-state index contributed by atoms with van der Waals surface area (Å²) in [7, 11) is 1.56. The average Bonchev–Trinajstić information content (AvgIpc) is 3.34. The predicted octanol–water partition coefficient (Wildman–Crippen LogP) is 5.17. The summed E-state index contributed by atoms with van der Waals surface area (Å²) < 4.78 is 34.5. The van der Waals surface area contributed by atoms with E-state index in [9.17, 15) is 9.18 Å². The molecule has 0 saturated heterocycles. The van der Waals surface area contributed by atoms with Gasteiger partial charge in [-0.25, -0.2) is 18.7 Å². The van der Waals surface area contributed by atoms with Crippen LogP contribution in [-0.4, -0.2) is 34.7 Å². The zero-order valence-electron chi connectivity index (χ0n) is 20.7. The van der Waals surface area contributed by atoms with E-state index in [0.717, 1.165) is 19.3 Å².